The van der Waals surface area contributed by atoms with Crippen molar-refractivity contribution in [3.63, 3.8) is 0 Å². The molecule has 39 heavy (non-hydrogen) atoms. The van der Waals surface area contributed by atoms with Crippen LogP contribution in [-0.4, -0.2) is 63.6 Å². The molecule has 3 heterocycles. The molecule has 5 rings (SSSR count). The lowest BCUT2D eigenvalue weighted by Crippen LogP contribution is -2.48. The molecule has 0 unspecified atom stereocenters. The summed E-state index contributed by atoms with van der Waals surface area (Å²) in [6.07, 6.45) is -4.80. The predicted molar refractivity (Wildman–Crippen MR) is 138 cm³/mol. The number of ether oxygens (including phenoxy) is 1. The summed E-state index contributed by atoms with van der Waals surface area (Å²) in [7, 11) is 1.44. The average Bonchev–Trinajstić information content (AvgIpc) is 3.25. The second-order valence-corrected chi connectivity index (χ2v) is 9.71. The van der Waals surface area contributed by atoms with E-state index in [4.69, 9.17) is 27.9 Å². The molecule has 0 N–H and O–H groups in total. The first-order valence-corrected chi connectivity index (χ1v) is 12.6. The van der Waals surface area contributed by atoms with Gasteiger partial charge in [0.05, 0.1) is 12.8 Å². The fourth-order valence-corrected chi connectivity index (χ4v) is 4.89. The van der Waals surface area contributed by atoms with Crippen molar-refractivity contribution in [1.29, 1.82) is 0 Å². The third-order valence-electron chi connectivity index (χ3n) is 6.49. The van der Waals surface area contributed by atoms with Gasteiger partial charge in [0, 0.05) is 48.9 Å². The number of hydrogen-bond acceptors (Lipinski definition) is 5. The van der Waals surface area contributed by atoms with Gasteiger partial charge in [-0.3, -0.25) is 9.69 Å². The molecule has 0 saturated carbocycles. The molecule has 1 aliphatic rings. The van der Waals surface area contributed by atoms with E-state index in [-0.39, 0.29) is 41.7 Å². The third kappa shape index (κ3) is 5.39. The van der Waals surface area contributed by atoms with Gasteiger partial charge in [-0.05, 0) is 30.3 Å². The molecule has 0 aliphatic carbocycles. The summed E-state index contributed by atoms with van der Waals surface area (Å²) in [6, 6.07) is 11.7. The molecule has 7 nitrogen and oxygen atoms in total. The number of methoxy groups -OCH3 is 1. The van der Waals surface area contributed by atoms with Crippen LogP contribution in [-0.2, 0) is 12.7 Å². The number of fused-ring (bicyclic) bond motifs is 1. The number of piperazine rings is 1. The zero-order valence-corrected chi connectivity index (χ0v) is 22.0. The molecular formula is C26H21Cl2F4N5O2. The highest BCUT2D eigenvalue weighted by Crippen LogP contribution is 2.35. The zero-order valence-electron chi connectivity index (χ0n) is 20.5. The highest BCUT2D eigenvalue weighted by Gasteiger charge is 2.37. The van der Waals surface area contributed by atoms with Crippen molar-refractivity contribution in [2.45, 2.75) is 12.7 Å². The van der Waals surface area contributed by atoms with Gasteiger partial charge in [-0.25, -0.2) is 13.9 Å². The van der Waals surface area contributed by atoms with E-state index in [0.717, 1.165) is 6.07 Å². The number of carbonyl (C=O) groups excluding carboxylic acids is 1. The highest BCUT2D eigenvalue weighted by atomic mass is 35.5. The Hall–Kier alpha value is -3.41. The van der Waals surface area contributed by atoms with E-state index in [1.807, 2.05) is 4.90 Å². The van der Waals surface area contributed by atoms with Crippen LogP contribution in [0.5, 0.6) is 5.75 Å². The van der Waals surface area contributed by atoms with Crippen LogP contribution in [0.1, 0.15) is 21.7 Å². The fraction of sp³-hybridized carbons (Fsp3) is 0.269. The summed E-state index contributed by atoms with van der Waals surface area (Å²) < 4.78 is 62.0. The Morgan fingerprint density at radius 1 is 1.05 bits per heavy atom. The molecule has 2 aromatic carbocycles. The van der Waals surface area contributed by atoms with Crippen molar-refractivity contribution in [2.75, 3.05) is 33.3 Å². The number of rotatable bonds is 5. The predicted octanol–water partition coefficient (Wildman–Crippen LogP) is 5.83. The number of halogens is 6. The molecule has 204 valence electrons. The summed E-state index contributed by atoms with van der Waals surface area (Å²) >= 11 is 12.6. The minimum atomic E-state index is -4.80. The Bertz CT molecular complexity index is 1530. The van der Waals surface area contributed by atoms with Crippen molar-refractivity contribution in [1.82, 2.24) is 24.4 Å². The summed E-state index contributed by atoms with van der Waals surface area (Å²) in [6.45, 7) is 1.53. The maximum absolute atomic E-state index is 14.2. The molecular weight excluding hydrogens is 561 g/mol. The van der Waals surface area contributed by atoms with Crippen LogP contribution in [0.15, 0.2) is 48.5 Å². The van der Waals surface area contributed by atoms with E-state index in [1.165, 1.54) is 24.1 Å². The molecule has 2 aromatic heterocycles. The second kappa shape index (κ2) is 10.6. The largest absolute Gasteiger partial charge is 0.497 e. The first-order valence-electron chi connectivity index (χ1n) is 11.8. The van der Waals surface area contributed by atoms with E-state index in [0.29, 0.717) is 39.5 Å². The molecule has 1 fully saturated rings. The highest BCUT2D eigenvalue weighted by molar-refractivity contribution is 6.36. The number of amides is 1. The van der Waals surface area contributed by atoms with E-state index < -0.39 is 23.6 Å². The number of benzene rings is 2. The monoisotopic (exact) mass is 581 g/mol. The Kier molecular flexibility index (Phi) is 7.41. The zero-order chi connectivity index (χ0) is 27.9. The molecule has 1 amide bonds. The lowest BCUT2D eigenvalue weighted by molar-refractivity contribution is -0.142. The Balaban J connectivity index is 1.42. The quantitative estimate of drug-likeness (QED) is 0.278. The normalized spacial score (nSPS) is 14.7. The van der Waals surface area contributed by atoms with Crippen LogP contribution < -0.4 is 4.74 Å². The van der Waals surface area contributed by atoms with Gasteiger partial charge in [0.2, 0.25) is 0 Å². The average molecular weight is 582 g/mol. The van der Waals surface area contributed by atoms with Crippen molar-refractivity contribution in [3.05, 3.63) is 81.3 Å². The van der Waals surface area contributed by atoms with Crippen molar-refractivity contribution >= 4 is 34.8 Å². The minimum Gasteiger partial charge on any atom is -0.497 e. The molecule has 0 radical (unpaired) electrons. The standard InChI is InChI=1S/C26H21Cl2F4N5O2/c1-39-16-5-2-4-15(12-16)20-13-21(26(30,31)32)37-24(33-20)22(28)23(34-37)25(38)36-10-8-35(9-11-36)14-17-18(27)6-3-7-19(17)29/h2-7,12-13H,8-11,14H2,1H3. The topological polar surface area (TPSA) is 63.0 Å². The molecule has 0 spiro atoms. The molecule has 1 aliphatic heterocycles. The maximum Gasteiger partial charge on any atom is 0.433 e. The molecule has 13 heteroatoms. The van der Waals surface area contributed by atoms with E-state index in [2.05, 4.69) is 10.1 Å². The van der Waals surface area contributed by atoms with Crippen molar-refractivity contribution in [2.24, 2.45) is 0 Å². The van der Waals surface area contributed by atoms with Gasteiger partial charge < -0.3 is 9.64 Å². The maximum atomic E-state index is 14.2. The second-order valence-electron chi connectivity index (χ2n) is 8.92. The molecule has 0 atom stereocenters. The van der Waals surface area contributed by atoms with Crippen molar-refractivity contribution in [3.8, 4) is 17.0 Å². The van der Waals surface area contributed by atoms with Gasteiger partial charge in [-0.15, -0.1) is 0 Å². The van der Waals surface area contributed by atoms with Crippen LogP contribution in [0, 0.1) is 5.82 Å². The molecule has 0 bridgehead atoms. The van der Waals surface area contributed by atoms with Gasteiger partial charge in [-0.1, -0.05) is 41.4 Å². The van der Waals surface area contributed by atoms with Crippen LogP contribution >= 0.6 is 23.2 Å². The number of carbonyl (C=O) groups is 1. The number of nitrogens with zero attached hydrogens (tertiary/aromatic N) is 5. The summed E-state index contributed by atoms with van der Waals surface area (Å²) in [5, 5.41) is 3.97. The number of aromatic nitrogens is 3. The smallest absolute Gasteiger partial charge is 0.433 e. The lowest BCUT2D eigenvalue weighted by Gasteiger charge is -2.34. The Morgan fingerprint density at radius 2 is 1.77 bits per heavy atom. The summed E-state index contributed by atoms with van der Waals surface area (Å²) in [4.78, 5) is 21.0. The van der Waals surface area contributed by atoms with Gasteiger partial charge in [-0.2, -0.15) is 18.3 Å². The summed E-state index contributed by atoms with van der Waals surface area (Å²) in [5.74, 6) is -0.599. The van der Waals surface area contributed by atoms with Crippen LogP contribution in [0.3, 0.4) is 0 Å². The minimum absolute atomic E-state index is 0.00468. The summed E-state index contributed by atoms with van der Waals surface area (Å²) in [5.41, 5.74) is -1.02. The molecule has 4 aromatic rings. The van der Waals surface area contributed by atoms with Crippen LogP contribution in [0.4, 0.5) is 17.6 Å². The number of hydrogen-bond donors (Lipinski definition) is 0. The fourth-order valence-electron chi connectivity index (χ4n) is 4.43. The van der Waals surface area contributed by atoms with E-state index >= 15 is 0 Å². The van der Waals surface area contributed by atoms with Crippen LogP contribution in [0.2, 0.25) is 10.0 Å². The van der Waals surface area contributed by atoms with Crippen LogP contribution in [0.25, 0.3) is 16.9 Å². The Morgan fingerprint density at radius 3 is 2.44 bits per heavy atom. The van der Waals surface area contributed by atoms with Gasteiger partial charge >= 0.3 is 6.18 Å². The first kappa shape index (κ1) is 27.2. The van der Waals surface area contributed by atoms with E-state index in [9.17, 15) is 22.4 Å². The molecule has 1 saturated heterocycles. The van der Waals surface area contributed by atoms with Gasteiger partial charge in [0.15, 0.2) is 17.0 Å². The SMILES string of the molecule is COc1cccc(-c2cc(C(F)(F)F)n3nc(C(=O)N4CCN(Cc5c(F)cccc5Cl)CC4)c(Cl)c3n2)c1. The third-order valence-corrected chi connectivity index (χ3v) is 7.20. The van der Waals surface area contributed by atoms with Gasteiger partial charge in [0.1, 0.15) is 16.6 Å². The number of alkyl halides is 3. The first-order chi connectivity index (χ1) is 18.6. The Labute approximate surface area is 230 Å². The van der Waals surface area contributed by atoms with E-state index in [1.54, 1.807) is 30.3 Å². The van der Waals surface area contributed by atoms with Gasteiger partial charge in [0.25, 0.3) is 5.91 Å². The van der Waals surface area contributed by atoms with Crippen molar-refractivity contribution < 1.29 is 27.1 Å². The lowest BCUT2D eigenvalue weighted by atomic mass is 10.1.